The van der Waals surface area contributed by atoms with Crippen molar-refractivity contribution >= 4 is 50.9 Å². The molecule has 0 aliphatic rings. The van der Waals surface area contributed by atoms with Crippen molar-refractivity contribution in [3.63, 3.8) is 0 Å². The van der Waals surface area contributed by atoms with E-state index in [1.807, 2.05) is 25.1 Å². The maximum atomic E-state index is 11.1. The summed E-state index contributed by atoms with van der Waals surface area (Å²) in [5.41, 5.74) is 0.731. The smallest absolute Gasteiger partial charge is 0.159 e. The molecule has 2 aromatic rings. The fraction of sp³-hybridized carbons (Fsp3) is 0.286. The second kappa shape index (κ2) is 6.05. The number of aromatic nitrogens is 1. The zero-order chi connectivity index (χ0) is 14.0. The topological polar surface area (TPSA) is 39.2 Å². The van der Waals surface area contributed by atoms with Crippen LogP contribution in [0.5, 0.6) is 5.75 Å². The Morgan fingerprint density at radius 1 is 1.58 bits per heavy atom. The quantitative estimate of drug-likeness (QED) is 0.734. The van der Waals surface area contributed by atoms with Crippen LogP contribution in [0.25, 0.3) is 10.9 Å². The van der Waals surface area contributed by atoms with Crippen LogP contribution in [0.4, 0.5) is 0 Å². The van der Waals surface area contributed by atoms with Crippen LogP contribution >= 0.6 is 34.2 Å². The second-order valence-electron chi connectivity index (χ2n) is 4.40. The summed E-state index contributed by atoms with van der Waals surface area (Å²) in [7, 11) is 0. The number of carbonyl (C=O) groups excluding carboxylic acids is 1. The van der Waals surface area contributed by atoms with Crippen LogP contribution in [0, 0.1) is 3.57 Å². The molecule has 3 nitrogen and oxygen atoms in total. The Morgan fingerprint density at radius 2 is 2.32 bits per heavy atom. The Kier molecular flexibility index (Phi) is 4.62. The minimum Gasteiger partial charge on any atom is -0.487 e. The summed E-state index contributed by atoms with van der Waals surface area (Å²) in [5, 5.41) is 1.51. The number of rotatable bonds is 4. The lowest BCUT2D eigenvalue weighted by molar-refractivity contribution is -0.118. The number of ether oxygens (including phenoxy) is 1. The molecule has 5 heteroatoms. The van der Waals surface area contributed by atoms with Gasteiger partial charge in [-0.3, -0.25) is 9.78 Å². The highest BCUT2D eigenvalue weighted by molar-refractivity contribution is 14.1. The van der Waals surface area contributed by atoms with Gasteiger partial charge < -0.3 is 4.74 Å². The normalized spacial score (nSPS) is 12.4. The van der Waals surface area contributed by atoms with Crippen molar-refractivity contribution in [3.8, 4) is 5.75 Å². The van der Waals surface area contributed by atoms with Crippen LogP contribution in [0.1, 0.15) is 20.3 Å². The van der Waals surface area contributed by atoms with Crippen molar-refractivity contribution in [3.05, 3.63) is 33.0 Å². The number of hydrogen-bond acceptors (Lipinski definition) is 3. The zero-order valence-electron chi connectivity index (χ0n) is 10.6. The monoisotopic (exact) mass is 389 g/mol. The molecule has 0 N–H and O–H groups in total. The number of carbonyl (C=O) groups is 1. The van der Waals surface area contributed by atoms with Gasteiger partial charge in [0.25, 0.3) is 0 Å². The highest BCUT2D eigenvalue weighted by Crippen LogP contribution is 2.35. The summed E-state index contributed by atoms with van der Waals surface area (Å²) >= 11 is 8.37. The molecule has 0 aliphatic carbocycles. The largest absolute Gasteiger partial charge is 0.487 e. The maximum absolute atomic E-state index is 11.1. The van der Waals surface area contributed by atoms with E-state index >= 15 is 0 Å². The van der Waals surface area contributed by atoms with Gasteiger partial charge in [-0.1, -0.05) is 11.6 Å². The molecular formula is C14H13ClINO2. The molecule has 1 atom stereocenters. The van der Waals surface area contributed by atoms with E-state index in [1.165, 1.54) is 0 Å². The van der Waals surface area contributed by atoms with Crippen LogP contribution < -0.4 is 4.74 Å². The van der Waals surface area contributed by atoms with Crippen molar-refractivity contribution < 1.29 is 9.53 Å². The van der Waals surface area contributed by atoms with Gasteiger partial charge in [0.15, 0.2) is 5.75 Å². The van der Waals surface area contributed by atoms with Gasteiger partial charge in [0, 0.05) is 18.0 Å². The van der Waals surface area contributed by atoms with Crippen LogP contribution in [0.15, 0.2) is 24.4 Å². The molecule has 0 bridgehead atoms. The zero-order valence-corrected chi connectivity index (χ0v) is 13.5. The molecule has 1 unspecified atom stereocenters. The van der Waals surface area contributed by atoms with E-state index in [2.05, 4.69) is 27.6 Å². The van der Waals surface area contributed by atoms with E-state index in [-0.39, 0.29) is 11.9 Å². The first kappa shape index (κ1) is 14.5. The molecule has 0 spiro atoms. The Bertz CT molecular complexity index is 630. The average Bonchev–Trinajstić information content (AvgIpc) is 2.33. The van der Waals surface area contributed by atoms with Gasteiger partial charge in [0.2, 0.25) is 0 Å². The van der Waals surface area contributed by atoms with Gasteiger partial charge in [-0.2, -0.15) is 0 Å². The Balaban J connectivity index is 2.45. The number of hydrogen-bond donors (Lipinski definition) is 0. The molecule has 1 aromatic heterocycles. The maximum Gasteiger partial charge on any atom is 0.159 e. The summed E-state index contributed by atoms with van der Waals surface area (Å²) < 4.78 is 6.77. The summed E-state index contributed by atoms with van der Waals surface area (Å²) in [6, 6.07) is 5.59. The number of pyridine rings is 1. The lowest BCUT2D eigenvalue weighted by Crippen LogP contribution is -2.16. The minimum absolute atomic E-state index is 0.105. The molecule has 0 radical (unpaired) electrons. The van der Waals surface area contributed by atoms with E-state index in [1.54, 1.807) is 13.1 Å². The Hall–Kier alpha value is -0.880. The van der Waals surface area contributed by atoms with Crippen molar-refractivity contribution in [1.82, 2.24) is 4.98 Å². The summed E-state index contributed by atoms with van der Waals surface area (Å²) in [6.45, 7) is 3.43. The molecular weight excluding hydrogens is 377 g/mol. The van der Waals surface area contributed by atoms with Gasteiger partial charge in [0.05, 0.1) is 8.59 Å². The highest BCUT2D eigenvalue weighted by Gasteiger charge is 2.15. The van der Waals surface area contributed by atoms with Gasteiger partial charge in [0.1, 0.15) is 17.4 Å². The molecule has 19 heavy (non-hydrogen) atoms. The van der Waals surface area contributed by atoms with Crippen LogP contribution in [-0.4, -0.2) is 16.9 Å². The lowest BCUT2D eigenvalue weighted by Gasteiger charge is -2.16. The van der Waals surface area contributed by atoms with E-state index in [0.717, 1.165) is 14.5 Å². The molecule has 0 aliphatic heterocycles. The summed E-state index contributed by atoms with van der Waals surface area (Å²) in [4.78, 5) is 15.5. The first-order valence-corrected chi connectivity index (χ1v) is 7.33. The predicted molar refractivity (Wildman–Crippen MR) is 84.9 cm³/mol. The molecule has 2 rings (SSSR count). The van der Waals surface area contributed by atoms with Gasteiger partial charge in [-0.05, 0) is 54.6 Å². The minimum atomic E-state index is -0.183. The van der Waals surface area contributed by atoms with E-state index < -0.39 is 0 Å². The third-order valence-corrected chi connectivity index (χ3v) is 3.76. The summed E-state index contributed by atoms with van der Waals surface area (Å²) in [6.07, 6.45) is 1.90. The number of ketones is 1. The van der Waals surface area contributed by atoms with E-state index in [9.17, 15) is 4.79 Å². The molecule has 1 aromatic carbocycles. The van der Waals surface area contributed by atoms with Crippen molar-refractivity contribution in [2.75, 3.05) is 0 Å². The molecule has 100 valence electrons. The van der Waals surface area contributed by atoms with Crippen molar-refractivity contribution in [2.24, 2.45) is 0 Å². The Labute approximate surface area is 130 Å². The second-order valence-corrected chi connectivity index (χ2v) is 5.97. The fourth-order valence-corrected chi connectivity index (χ4v) is 3.05. The third kappa shape index (κ3) is 3.36. The standard InChI is InChI=1S/C14H13ClINO2/c1-8(18)6-9(2)19-14-12(16)7-11(15)10-4-3-5-17-13(10)14/h3-5,7,9H,6H2,1-2H3. The van der Waals surface area contributed by atoms with Crippen molar-refractivity contribution in [1.29, 1.82) is 0 Å². The highest BCUT2D eigenvalue weighted by atomic mass is 127. The molecule has 1 heterocycles. The molecule has 0 amide bonds. The number of fused-ring (bicyclic) bond motifs is 1. The van der Waals surface area contributed by atoms with Crippen molar-refractivity contribution in [2.45, 2.75) is 26.4 Å². The number of Topliss-reactive ketones (excluding diaryl/α,β-unsaturated/α-hetero) is 1. The van der Waals surface area contributed by atoms with E-state index in [4.69, 9.17) is 16.3 Å². The lowest BCUT2D eigenvalue weighted by atomic mass is 10.2. The Morgan fingerprint density at radius 3 is 3.00 bits per heavy atom. The van der Waals surface area contributed by atoms with Crippen LogP contribution in [0.2, 0.25) is 5.02 Å². The first-order valence-electron chi connectivity index (χ1n) is 5.88. The number of halogens is 2. The fourth-order valence-electron chi connectivity index (χ4n) is 1.91. The predicted octanol–water partition coefficient (Wildman–Crippen LogP) is 4.24. The van der Waals surface area contributed by atoms with Gasteiger partial charge in [-0.25, -0.2) is 0 Å². The molecule has 0 fully saturated rings. The number of nitrogens with zero attached hydrogens (tertiary/aromatic N) is 1. The third-order valence-electron chi connectivity index (χ3n) is 2.64. The van der Waals surface area contributed by atoms with E-state index in [0.29, 0.717) is 17.2 Å². The van der Waals surface area contributed by atoms with Crippen LogP contribution in [0.3, 0.4) is 0 Å². The molecule has 0 saturated heterocycles. The van der Waals surface area contributed by atoms with Crippen LogP contribution in [-0.2, 0) is 4.79 Å². The average molecular weight is 390 g/mol. The first-order chi connectivity index (χ1) is 8.99. The number of benzene rings is 1. The molecule has 0 saturated carbocycles. The van der Waals surface area contributed by atoms with Gasteiger partial charge >= 0.3 is 0 Å². The summed E-state index contributed by atoms with van der Waals surface area (Å²) in [5.74, 6) is 0.795. The van der Waals surface area contributed by atoms with Gasteiger partial charge in [-0.15, -0.1) is 0 Å². The SMILES string of the molecule is CC(=O)CC(C)Oc1c(I)cc(Cl)c2cccnc12.